The summed E-state index contributed by atoms with van der Waals surface area (Å²) in [5, 5.41) is 0. The van der Waals surface area contributed by atoms with Crippen molar-refractivity contribution < 1.29 is 4.74 Å². The Morgan fingerprint density at radius 1 is 1.38 bits per heavy atom. The second kappa shape index (κ2) is 6.37. The first kappa shape index (κ1) is 12.8. The highest BCUT2D eigenvalue weighted by Gasteiger charge is 2.08. The van der Waals surface area contributed by atoms with Crippen LogP contribution in [-0.4, -0.2) is 6.61 Å². The van der Waals surface area contributed by atoms with E-state index < -0.39 is 0 Å². The van der Waals surface area contributed by atoms with Crippen LogP contribution in [0.15, 0.2) is 30.9 Å². The topological polar surface area (TPSA) is 9.23 Å². The normalized spacial score (nSPS) is 12.2. The molecule has 0 amide bonds. The van der Waals surface area contributed by atoms with Crippen LogP contribution in [-0.2, 0) is 6.42 Å². The second-order valence-electron chi connectivity index (χ2n) is 4.07. The molecule has 1 atom stereocenters. The van der Waals surface area contributed by atoms with Crippen LogP contribution in [0.1, 0.15) is 44.2 Å². The fraction of sp³-hybridized carbons (Fsp3) is 0.467. The van der Waals surface area contributed by atoms with E-state index in [1.54, 1.807) is 0 Å². The van der Waals surface area contributed by atoms with Gasteiger partial charge in [0, 0.05) is 0 Å². The van der Waals surface area contributed by atoms with Crippen LogP contribution >= 0.6 is 0 Å². The molecule has 0 heterocycles. The van der Waals surface area contributed by atoms with Crippen LogP contribution in [0.5, 0.6) is 5.75 Å². The molecule has 1 aromatic carbocycles. The summed E-state index contributed by atoms with van der Waals surface area (Å²) in [6.07, 6.45) is 4.29. The van der Waals surface area contributed by atoms with E-state index in [2.05, 4.69) is 38.6 Å². The van der Waals surface area contributed by atoms with Gasteiger partial charge in [-0.2, -0.15) is 0 Å². The lowest BCUT2D eigenvalue weighted by atomic mass is 9.93. The molecule has 1 nitrogen and oxygen atoms in total. The third kappa shape index (κ3) is 3.13. The molecule has 0 aliphatic carbocycles. The highest BCUT2D eigenvalue weighted by Crippen LogP contribution is 2.26. The van der Waals surface area contributed by atoms with Gasteiger partial charge in [0.2, 0.25) is 0 Å². The summed E-state index contributed by atoms with van der Waals surface area (Å²) >= 11 is 0. The Hall–Kier alpha value is -1.24. The van der Waals surface area contributed by atoms with Crippen molar-refractivity contribution in [1.29, 1.82) is 0 Å². The van der Waals surface area contributed by atoms with E-state index in [1.165, 1.54) is 17.5 Å². The zero-order chi connectivity index (χ0) is 12.0. The highest BCUT2D eigenvalue weighted by molar-refractivity contribution is 5.39. The second-order valence-corrected chi connectivity index (χ2v) is 4.07. The van der Waals surface area contributed by atoms with E-state index in [0.29, 0.717) is 5.92 Å². The molecule has 16 heavy (non-hydrogen) atoms. The highest BCUT2D eigenvalue weighted by atomic mass is 16.5. The molecule has 0 aliphatic rings. The summed E-state index contributed by atoms with van der Waals surface area (Å²) in [7, 11) is 0. The number of rotatable bonds is 6. The third-order valence-electron chi connectivity index (χ3n) is 2.79. The quantitative estimate of drug-likeness (QED) is 0.646. The molecule has 1 rings (SSSR count). The summed E-state index contributed by atoms with van der Waals surface area (Å²) in [6, 6.07) is 6.40. The molecule has 0 radical (unpaired) electrons. The zero-order valence-electron chi connectivity index (χ0n) is 10.6. The Kier molecular flexibility index (Phi) is 5.10. The van der Waals surface area contributed by atoms with E-state index in [-0.39, 0.29) is 0 Å². The van der Waals surface area contributed by atoms with Crippen LogP contribution in [0.2, 0.25) is 0 Å². The average molecular weight is 218 g/mol. The molecule has 1 aromatic rings. The fourth-order valence-electron chi connectivity index (χ4n) is 1.88. The van der Waals surface area contributed by atoms with Crippen molar-refractivity contribution in [3.05, 3.63) is 42.0 Å². The predicted molar refractivity (Wildman–Crippen MR) is 70.2 cm³/mol. The maximum absolute atomic E-state index is 5.54. The summed E-state index contributed by atoms with van der Waals surface area (Å²) in [5.74, 6) is 1.35. The lowest BCUT2D eigenvalue weighted by Gasteiger charge is -2.15. The Morgan fingerprint density at radius 3 is 2.69 bits per heavy atom. The van der Waals surface area contributed by atoms with Gasteiger partial charge in [0.15, 0.2) is 0 Å². The summed E-state index contributed by atoms with van der Waals surface area (Å²) in [5.41, 5.74) is 2.76. The molecule has 1 heteroatoms. The van der Waals surface area contributed by atoms with Gasteiger partial charge in [0.25, 0.3) is 0 Å². The lowest BCUT2D eigenvalue weighted by Crippen LogP contribution is -1.99. The molecule has 0 N–H and O–H groups in total. The Morgan fingerprint density at radius 2 is 2.12 bits per heavy atom. The van der Waals surface area contributed by atoms with E-state index >= 15 is 0 Å². The number of hydrogen-bond acceptors (Lipinski definition) is 1. The molecular weight excluding hydrogens is 196 g/mol. The third-order valence-corrected chi connectivity index (χ3v) is 2.79. The summed E-state index contributed by atoms with van der Waals surface area (Å²) in [6.45, 7) is 11.0. The number of allylic oxidation sites excluding steroid dienone is 1. The van der Waals surface area contributed by atoms with Crippen molar-refractivity contribution in [1.82, 2.24) is 0 Å². The van der Waals surface area contributed by atoms with E-state index in [9.17, 15) is 0 Å². The predicted octanol–water partition coefficient (Wildman–Crippen LogP) is 4.33. The average Bonchev–Trinajstić information content (AvgIpc) is 2.31. The smallest absolute Gasteiger partial charge is 0.119 e. The lowest BCUT2D eigenvalue weighted by molar-refractivity contribution is 0.339. The van der Waals surface area contributed by atoms with Crippen LogP contribution in [0.25, 0.3) is 0 Å². The molecule has 0 bridgehead atoms. The van der Waals surface area contributed by atoms with Gasteiger partial charge in [-0.1, -0.05) is 32.4 Å². The van der Waals surface area contributed by atoms with E-state index in [1.807, 2.05) is 13.0 Å². The molecule has 0 saturated carbocycles. The van der Waals surface area contributed by atoms with E-state index in [0.717, 1.165) is 18.8 Å². The molecule has 0 aromatic heterocycles. The van der Waals surface area contributed by atoms with Gasteiger partial charge in [-0.25, -0.2) is 0 Å². The van der Waals surface area contributed by atoms with Gasteiger partial charge >= 0.3 is 0 Å². The number of aryl methyl sites for hydroxylation is 1. The zero-order valence-corrected chi connectivity index (χ0v) is 10.6. The first-order chi connectivity index (χ1) is 7.72. The number of benzene rings is 1. The summed E-state index contributed by atoms with van der Waals surface area (Å²) < 4.78 is 5.54. The Bertz CT molecular complexity index is 341. The van der Waals surface area contributed by atoms with Crippen LogP contribution in [0.4, 0.5) is 0 Å². The van der Waals surface area contributed by atoms with Crippen LogP contribution < -0.4 is 4.74 Å². The van der Waals surface area contributed by atoms with Crippen molar-refractivity contribution in [2.45, 2.75) is 39.5 Å². The van der Waals surface area contributed by atoms with Crippen molar-refractivity contribution >= 4 is 0 Å². The van der Waals surface area contributed by atoms with Gasteiger partial charge in [-0.3, -0.25) is 0 Å². The molecule has 0 aliphatic heterocycles. The first-order valence-corrected chi connectivity index (χ1v) is 6.11. The number of hydrogen-bond donors (Lipinski definition) is 0. The van der Waals surface area contributed by atoms with Crippen LogP contribution in [0, 0.1) is 0 Å². The van der Waals surface area contributed by atoms with Crippen molar-refractivity contribution in [2.75, 3.05) is 6.61 Å². The minimum atomic E-state index is 0.391. The molecule has 0 spiro atoms. The van der Waals surface area contributed by atoms with Crippen molar-refractivity contribution in [2.24, 2.45) is 0 Å². The minimum absolute atomic E-state index is 0.391. The molecule has 0 saturated heterocycles. The van der Waals surface area contributed by atoms with Crippen molar-refractivity contribution in [3.63, 3.8) is 0 Å². The fourth-order valence-corrected chi connectivity index (χ4v) is 1.88. The maximum Gasteiger partial charge on any atom is 0.119 e. The van der Waals surface area contributed by atoms with Gasteiger partial charge in [0.1, 0.15) is 5.75 Å². The van der Waals surface area contributed by atoms with Gasteiger partial charge in [-0.05, 0) is 42.5 Å². The molecular formula is C15H22O. The largest absolute Gasteiger partial charge is 0.494 e. The van der Waals surface area contributed by atoms with Gasteiger partial charge in [-0.15, -0.1) is 6.58 Å². The maximum atomic E-state index is 5.54. The summed E-state index contributed by atoms with van der Waals surface area (Å²) in [4.78, 5) is 0. The number of ether oxygens (including phenoxy) is 1. The monoisotopic (exact) mass is 218 g/mol. The van der Waals surface area contributed by atoms with Gasteiger partial charge in [0.05, 0.1) is 6.61 Å². The van der Waals surface area contributed by atoms with Crippen molar-refractivity contribution in [3.8, 4) is 5.75 Å². The molecule has 1 unspecified atom stereocenters. The van der Waals surface area contributed by atoms with Crippen LogP contribution in [0.3, 0.4) is 0 Å². The van der Waals surface area contributed by atoms with Gasteiger partial charge < -0.3 is 4.74 Å². The minimum Gasteiger partial charge on any atom is -0.494 e. The molecule has 88 valence electrons. The SMILES string of the molecule is C=CC(C)c1cc(OCC)ccc1CCC. The Balaban J connectivity index is 3.04. The van der Waals surface area contributed by atoms with E-state index in [4.69, 9.17) is 4.74 Å². The first-order valence-electron chi connectivity index (χ1n) is 6.11. The Labute approximate surface area is 99.1 Å². The standard InChI is InChI=1S/C15H22O/c1-5-8-13-9-10-14(16-7-3)11-15(13)12(4)6-2/h6,9-12H,2,5,7-8H2,1,3-4H3. The molecule has 0 fully saturated rings.